The van der Waals surface area contributed by atoms with E-state index in [1.807, 2.05) is 44.7 Å². The molecule has 136 valence electrons. The number of amides is 1. The SMILES string of the molecule is Cc1cc(Br)cc(C)c1N1C(=NC(=O)C(C)C)S[C@@H]2CS(=O)(=O)C[C@@H]21. The van der Waals surface area contributed by atoms with Gasteiger partial charge in [0.2, 0.25) is 0 Å². The summed E-state index contributed by atoms with van der Waals surface area (Å²) in [5, 5.41) is 0.545. The lowest BCUT2D eigenvalue weighted by atomic mass is 10.1. The van der Waals surface area contributed by atoms with E-state index in [0.717, 1.165) is 21.3 Å². The van der Waals surface area contributed by atoms with Gasteiger partial charge in [0, 0.05) is 21.3 Å². The van der Waals surface area contributed by atoms with Crippen LogP contribution in [0.5, 0.6) is 0 Å². The summed E-state index contributed by atoms with van der Waals surface area (Å²) in [5.74, 6) is -0.120. The van der Waals surface area contributed by atoms with Gasteiger partial charge in [0.25, 0.3) is 5.91 Å². The Kier molecular flexibility index (Phi) is 5.07. The second-order valence-corrected chi connectivity index (χ2v) is 11.2. The predicted molar refractivity (Wildman–Crippen MR) is 107 cm³/mol. The highest BCUT2D eigenvalue weighted by Gasteiger charge is 2.50. The molecule has 0 saturated carbocycles. The maximum absolute atomic E-state index is 12.2. The monoisotopic (exact) mass is 444 g/mol. The maximum Gasteiger partial charge on any atom is 0.250 e. The minimum Gasteiger partial charge on any atom is -0.315 e. The highest BCUT2D eigenvalue weighted by Crippen LogP contribution is 2.43. The number of thioether (sulfide) groups is 1. The molecule has 25 heavy (non-hydrogen) atoms. The summed E-state index contributed by atoms with van der Waals surface area (Å²) >= 11 is 4.92. The van der Waals surface area contributed by atoms with Crippen LogP contribution in [0.4, 0.5) is 5.69 Å². The minimum absolute atomic E-state index is 0.0776. The van der Waals surface area contributed by atoms with Crippen LogP contribution in [-0.4, -0.2) is 42.3 Å². The van der Waals surface area contributed by atoms with Gasteiger partial charge in [-0.05, 0) is 37.1 Å². The minimum atomic E-state index is -3.06. The number of nitrogens with zero attached hydrogens (tertiary/aromatic N) is 2. The first-order valence-electron chi connectivity index (χ1n) is 8.14. The number of carbonyl (C=O) groups is 1. The molecule has 0 spiro atoms. The van der Waals surface area contributed by atoms with Crippen molar-refractivity contribution in [2.45, 2.75) is 39.0 Å². The zero-order chi connectivity index (χ0) is 18.5. The van der Waals surface area contributed by atoms with Gasteiger partial charge in [-0.25, -0.2) is 8.42 Å². The normalized spacial score (nSPS) is 26.5. The largest absolute Gasteiger partial charge is 0.315 e. The van der Waals surface area contributed by atoms with Gasteiger partial charge >= 0.3 is 0 Å². The summed E-state index contributed by atoms with van der Waals surface area (Å²) in [5.41, 5.74) is 3.01. The number of halogens is 1. The number of sulfone groups is 1. The van der Waals surface area contributed by atoms with E-state index in [2.05, 4.69) is 20.9 Å². The molecule has 2 heterocycles. The lowest BCUT2D eigenvalue weighted by molar-refractivity contribution is -0.120. The van der Waals surface area contributed by atoms with Crippen molar-refractivity contribution in [1.82, 2.24) is 0 Å². The molecule has 2 fully saturated rings. The number of amidine groups is 1. The van der Waals surface area contributed by atoms with Crippen LogP contribution in [0.3, 0.4) is 0 Å². The molecule has 1 amide bonds. The van der Waals surface area contributed by atoms with E-state index in [0.29, 0.717) is 5.17 Å². The van der Waals surface area contributed by atoms with Crippen molar-refractivity contribution in [3.63, 3.8) is 0 Å². The number of rotatable bonds is 2. The van der Waals surface area contributed by atoms with Crippen LogP contribution >= 0.6 is 27.7 Å². The highest BCUT2D eigenvalue weighted by atomic mass is 79.9. The van der Waals surface area contributed by atoms with Crippen LogP contribution in [0.1, 0.15) is 25.0 Å². The Balaban J connectivity index is 2.12. The average molecular weight is 445 g/mol. The van der Waals surface area contributed by atoms with Crippen molar-refractivity contribution in [3.8, 4) is 0 Å². The Labute approximate surface area is 161 Å². The lowest BCUT2D eigenvalue weighted by Gasteiger charge is -2.28. The van der Waals surface area contributed by atoms with E-state index >= 15 is 0 Å². The van der Waals surface area contributed by atoms with Crippen LogP contribution < -0.4 is 4.90 Å². The fourth-order valence-electron chi connectivity index (χ4n) is 3.33. The van der Waals surface area contributed by atoms with E-state index in [1.54, 1.807) is 0 Å². The average Bonchev–Trinajstić information content (AvgIpc) is 2.90. The summed E-state index contributed by atoms with van der Waals surface area (Å²) < 4.78 is 25.2. The number of aliphatic imine (C=N–C) groups is 1. The molecule has 5 nitrogen and oxygen atoms in total. The third-order valence-corrected chi connectivity index (χ3v) is 8.13. The summed E-state index contributed by atoms with van der Waals surface area (Å²) in [7, 11) is -3.06. The molecule has 0 unspecified atom stereocenters. The molecule has 2 aliphatic heterocycles. The molecule has 2 saturated heterocycles. The first-order chi connectivity index (χ1) is 11.6. The third kappa shape index (κ3) is 3.66. The van der Waals surface area contributed by atoms with E-state index in [-0.39, 0.29) is 34.6 Å². The first-order valence-corrected chi connectivity index (χ1v) is 11.6. The molecular weight excluding hydrogens is 424 g/mol. The summed E-state index contributed by atoms with van der Waals surface area (Å²) in [4.78, 5) is 18.5. The van der Waals surface area contributed by atoms with E-state index < -0.39 is 9.84 Å². The smallest absolute Gasteiger partial charge is 0.250 e. The summed E-state index contributed by atoms with van der Waals surface area (Å²) in [6.45, 7) is 7.63. The number of hydrogen-bond acceptors (Lipinski definition) is 4. The molecule has 1 aromatic carbocycles. The molecule has 2 atom stereocenters. The van der Waals surface area contributed by atoms with Gasteiger partial charge in [-0.1, -0.05) is 41.5 Å². The first kappa shape index (κ1) is 18.9. The van der Waals surface area contributed by atoms with Crippen molar-refractivity contribution in [2.24, 2.45) is 10.9 Å². The number of fused-ring (bicyclic) bond motifs is 1. The Hall–Kier alpha value is -0.860. The zero-order valence-electron chi connectivity index (χ0n) is 14.6. The molecule has 2 aliphatic rings. The summed E-state index contributed by atoms with van der Waals surface area (Å²) in [6.07, 6.45) is 0. The van der Waals surface area contributed by atoms with Crippen LogP contribution in [0.25, 0.3) is 0 Å². The standard InChI is InChI=1S/C17H21BrN2O3S2/c1-9(2)16(21)19-17-20(13-7-25(22,23)8-14(13)24-17)15-10(3)5-12(18)6-11(15)4/h5-6,9,13-14H,7-8H2,1-4H3/t13-,14+/m0/s1. The Morgan fingerprint density at radius 3 is 2.44 bits per heavy atom. The zero-order valence-corrected chi connectivity index (χ0v) is 17.8. The van der Waals surface area contributed by atoms with Gasteiger partial charge < -0.3 is 4.90 Å². The lowest BCUT2D eigenvalue weighted by Crippen LogP contribution is -2.38. The van der Waals surface area contributed by atoms with Crippen molar-refractivity contribution < 1.29 is 13.2 Å². The second kappa shape index (κ2) is 6.70. The molecule has 0 bridgehead atoms. The molecule has 0 aliphatic carbocycles. The fraction of sp³-hybridized carbons (Fsp3) is 0.529. The number of hydrogen-bond donors (Lipinski definition) is 0. The number of carbonyl (C=O) groups excluding carboxylic acids is 1. The van der Waals surface area contributed by atoms with Crippen LogP contribution in [0.2, 0.25) is 0 Å². The van der Waals surface area contributed by atoms with E-state index in [4.69, 9.17) is 0 Å². The van der Waals surface area contributed by atoms with E-state index in [1.165, 1.54) is 11.8 Å². The van der Waals surface area contributed by atoms with Gasteiger partial charge in [0.05, 0.1) is 17.5 Å². The topological polar surface area (TPSA) is 66.8 Å². The van der Waals surface area contributed by atoms with E-state index in [9.17, 15) is 13.2 Å². The Morgan fingerprint density at radius 1 is 1.28 bits per heavy atom. The fourth-order valence-corrected chi connectivity index (χ4v) is 7.92. The number of anilines is 1. The van der Waals surface area contributed by atoms with Gasteiger partial charge in [-0.15, -0.1) is 0 Å². The number of aryl methyl sites for hydroxylation is 2. The molecule has 0 N–H and O–H groups in total. The van der Waals surface area contributed by atoms with Gasteiger partial charge in [0.1, 0.15) is 0 Å². The van der Waals surface area contributed by atoms with Crippen molar-refractivity contribution in [3.05, 3.63) is 27.7 Å². The molecule has 8 heteroatoms. The third-order valence-electron chi connectivity index (χ3n) is 4.46. The van der Waals surface area contributed by atoms with Crippen LogP contribution in [0, 0.1) is 19.8 Å². The van der Waals surface area contributed by atoms with Crippen molar-refractivity contribution in [2.75, 3.05) is 16.4 Å². The number of benzene rings is 1. The molecule has 0 radical (unpaired) electrons. The van der Waals surface area contributed by atoms with Crippen LogP contribution in [0.15, 0.2) is 21.6 Å². The maximum atomic E-state index is 12.2. The van der Waals surface area contributed by atoms with Gasteiger partial charge in [-0.2, -0.15) is 4.99 Å². The van der Waals surface area contributed by atoms with Crippen LogP contribution in [-0.2, 0) is 14.6 Å². The summed E-state index contributed by atoms with van der Waals surface area (Å²) in [6, 6.07) is 3.84. The van der Waals surface area contributed by atoms with Gasteiger partial charge in [-0.3, -0.25) is 4.79 Å². The molecular formula is C17H21BrN2O3S2. The van der Waals surface area contributed by atoms with Gasteiger partial charge in [0.15, 0.2) is 15.0 Å². The van der Waals surface area contributed by atoms with Crippen molar-refractivity contribution in [1.29, 1.82) is 0 Å². The molecule has 0 aromatic heterocycles. The van der Waals surface area contributed by atoms with Crippen molar-refractivity contribution >= 4 is 54.3 Å². The predicted octanol–water partition coefficient (Wildman–Crippen LogP) is 3.32. The second-order valence-electron chi connectivity index (χ2n) is 6.95. The highest BCUT2D eigenvalue weighted by molar-refractivity contribution is 9.10. The molecule has 3 rings (SSSR count). The quantitative estimate of drug-likeness (QED) is 0.699. The Bertz CT molecular complexity index is 842. The molecule has 1 aromatic rings. The Morgan fingerprint density at radius 2 is 1.88 bits per heavy atom.